The zero-order valence-electron chi connectivity index (χ0n) is 19.0. The lowest BCUT2D eigenvalue weighted by molar-refractivity contribution is -0.143. The van der Waals surface area contributed by atoms with Crippen LogP contribution in [-0.2, 0) is 32.5 Å². The Balaban J connectivity index is 2.15. The number of hydrogen-bond donors (Lipinski definition) is 0. The first-order valence-corrected chi connectivity index (χ1v) is 12.1. The Hall–Kier alpha value is -3.13. The molecule has 0 fully saturated rings. The van der Waals surface area contributed by atoms with Gasteiger partial charge in [-0.15, -0.1) is 0 Å². The molecule has 0 saturated carbocycles. The molecule has 13 heteroatoms. The third-order valence-electron chi connectivity index (χ3n) is 4.96. The van der Waals surface area contributed by atoms with E-state index in [1.165, 1.54) is 23.0 Å². The zero-order valence-corrected chi connectivity index (χ0v) is 19.9. The van der Waals surface area contributed by atoms with Crippen molar-refractivity contribution < 1.29 is 40.0 Å². The van der Waals surface area contributed by atoms with Gasteiger partial charge in [-0.3, -0.25) is 4.57 Å². The predicted octanol–water partition coefficient (Wildman–Crippen LogP) is 7.25. The average Bonchev–Trinajstić information content (AvgIpc) is 3.13. The van der Waals surface area contributed by atoms with E-state index in [2.05, 4.69) is 4.98 Å². The summed E-state index contributed by atoms with van der Waals surface area (Å²) in [6, 6.07) is 6.29. The number of aromatic nitrogens is 2. The van der Waals surface area contributed by atoms with Crippen molar-refractivity contribution in [1.82, 2.24) is 9.55 Å². The van der Waals surface area contributed by atoms with Crippen molar-refractivity contribution in [2.24, 2.45) is 0 Å². The molecule has 6 nitrogen and oxygen atoms in total. The maximum Gasteiger partial charge on any atom is 0.416 e. The van der Waals surface area contributed by atoms with Crippen LogP contribution in [0.25, 0.3) is 17.1 Å². The summed E-state index contributed by atoms with van der Waals surface area (Å²) in [7, 11) is -3.96. The van der Waals surface area contributed by atoms with Crippen LogP contribution in [0.5, 0.6) is 0 Å². The Kier molecular flexibility index (Phi) is 7.98. The molecule has 0 aliphatic rings. The van der Waals surface area contributed by atoms with E-state index in [4.69, 9.17) is 9.05 Å². The summed E-state index contributed by atoms with van der Waals surface area (Å²) in [5, 5.41) is 9.73. The van der Waals surface area contributed by atoms with Crippen LogP contribution in [0.3, 0.4) is 0 Å². The van der Waals surface area contributed by atoms with Gasteiger partial charge in [-0.05, 0) is 55.8 Å². The lowest BCUT2D eigenvalue weighted by Gasteiger charge is -2.15. The van der Waals surface area contributed by atoms with Crippen molar-refractivity contribution in [1.29, 1.82) is 5.26 Å². The van der Waals surface area contributed by atoms with E-state index in [1.54, 1.807) is 32.0 Å². The Labute approximate surface area is 202 Å². The zero-order chi connectivity index (χ0) is 26.7. The summed E-state index contributed by atoms with van der Waals surface area (Å²) >= 11 is 0. The highest BCUT2D eigenvalue weighted by molar-refractivity contribution is 7.59. The van der Waals surface area contributed by atoms with Crippen molar-refractivity contribution in [3.8, 4) is 6.07 Å². The lowest BCUT2D eigenvalue weighted by Crippen LogP contribution is -2.12. The van der Waals surface area contributed by atoms with Crippen LogP contribution in [0.4, 0.5) is 26.3 Å². The van der Waals surface area contributed by atoms with Gasteiger partial charge in [0, 0.05) is 29.9 Å². The van der Waals surface area contributed by atoms with E-state index in [0.717, 1.165) is 0 Å². The van der Waals surface area contributed by atoms with E-state index >= 15 is 0 Å². The highest BCUT2D eigenvalue weighted by Gasteiger charge is 2.37. The third-order valence-corrected chi connectivity index (χ3v) is 6.98. The molecule has 0 spiro atoms. The molecule has 3 aromatic rings. The van der Waals surface area contributed by atoms with E-state index in [0.29, 0.717) is 23.1 Å². The van der Waals surface area contributed by atoms with Gasteiger partial charge in [0.05, 0.1) is 24.3 Å². The number of allylic oxidation sites excluding steroid dienone is 1. The molecular formula is C23H20F6N3O3P. The van der Waals surface area contributed by atoms with Gasteiger partial charge in [-0.2, -0.15) is 31.6 Å². The monoisotopic (exact) mass is 531 g/mol. The fourth-order valence-electron chi connectivity index (χ4n) is 3.53. The fraction of sp³-hybridized carbons (Fsp3) is 0.304. The van der Waals surface area contributed by atoms with E-state index in [9.17, 15) is 36.2 Å². The van der Waals surface area contributed by atoms with Gasteiger partial charge < -0.3 is 13.6 Å². The third kappa shape index (κ3) is 5.98. The summed E-state index contributed by atoms with van der Waals surface area (Å²) in [4.78, 5) is 4.18. The molecule has 0 atom stereocenters. The fourth-order valence-corrected chi connectivity index (χ4v) is 4.98. The maximum atomic E-state index is 13.3. The molecule has 3 rings (SSSR count). The molecule has 1 aromatic carbocycles. The molecule has 2 aromatic heterocycles. The van der Waals surface area contributed by atoms with Crippen molar-refractivity contribution in [3.63, 3.8) is 0 Å². The van der Waals surface area contributed by atoms with Gasteiger partial charge in [0.2, 0.25) is 0 Å². The molecule has 0 aliphatic carbocycles. The minimum atomic E-state index is -4.98. The topological polar surface area (TPSA) is 77.1 Å². The number of pyridine rings is 1. The van der Waals surface area contributed by atoms with Crippen LogP contribution < -0.4 is 0 Å². The predicted molar refractivity (Wildman–Crippen MR) is 120 cm³/mol. The molecule has 36 heavy (non-hydrogen) atoms. The van der Waals surface area contributed by atoms with Crippen molar-refractivity contribution in [2.75, 3.05) is 13.2 Å². The summed E-state index contributed by atoms with van der Waals surface area (Å²) < 4.78 is 104. The molecular weight excluding hydrogens is 511 g/mol. The Morgan fingerprint density at radius 1 is 1.08 bits per heavy atom. The SMILES string of the molecule is CCOP(=O)(OCC)/C(C#N)=C/c1cn(Cc2cc(C(F)(F)F)cc(C(F)(F)F)c2)c2ncccc12. The smallest absolute Gasteiger partial charge is 0.327 e. The standard InChI is InChI=1S/C23H20F6N3O3P/c1-3-34-36(33,35-4-2)19(12-30)10-16-14-32(21-20(16)6-5-7-31-21)13-15-8-17(22(24,25)26)11-18(9-15)23(27,28)29/h5-11,14H,3-4,13H2,1-2H3/b19-10+. The Bertz CT molecular complexity index is 1330. The minimum Gasteiger partial charge on any atom is -0.327 e. The second-order valence-electron chi connectivity index (χ2n) is 7.48. The van der Waals surface area contributed by atoms with Gasteiger partial charge in [0.15, 0.2) is 0 Å². The van der Waals surface area contributed by atoms with Crippen LogP contribution in [0.2, 0.25) is 0 Å². The largest absolute Gasteiger partial charge is 0.416 e. The number of alkyl halides is 6. The number of benzene rings is 1. The lowest BCUT2D eigenvalue weighted by atomic mass is 10.0. The van der Waals surface area contributed by atoms with Gasteiger partial charge in [0.25, 0.3) is 0 Å². The minimum absolute atomic E-state index is 0.00328. The van der Waals surface area contributed by atoms with Crippen LogP contribution in [0.1, 0.15) is 36.1 Å². The number of nitriles is 1. The van der Waals surface area contributed by atoms with E-state index in [-0.39, 0.29) is 42.3 Å². The van der Waals surface area contributed by atoms with E-state index < -0.39 is 31.1 Å². The number of rotatable bonds is 8. The van der Waals surface area contributed by atoms with E-state index in [1.807, 2.05) is 0 Å². The molecule has 192 valence electrons. The number of nitrogens with zero attached hydrogens (tertiary/aromatic N) is 3. The summed E-state index contributed by atoms with van der Waals surface area (Å²) in [5.74, 6) is 0. The molecule has 0 aliphatic heterocycles. The summed E-state index contributed by atoms with van der Waals surface area (Å²) in [5.41, 5.74) is -2.59. The Morgan fingerprint density at radius 2 is 1.67 bits per heavy atom. The van der Waals surface area contributed by atoms with Crippen LogP contribution >= 0.6 is 7.60 Å². The molecule has 0 unspecified atom stereocenters. The van der Waals surface area contributed by atoms with Crippen molar-refractivity contribution in [2.45, 2.75) is 32.7 Å². The van der Waals surface area contributed by atoms with Gasteiger partial charge >= 0.3 is 19.9 Å². The van der Waals surface area contributed by atoms with Gasteiger partial charge in [-0.1, -0.05) is 0 Å². The quantitative estimate of drug-likeness (QED) is 0.174. The first-order valence-electron chi connectivity index (χ1n) is 10.6. The molecule has 2 heterocycles. The first-order chi connectivity index (χ1) is 16.8. The number of fused-ring (bicyclic) bond motifs is 1. The number of hydrogen-bond acceptors (Lipinski definition) is 5. The second-order valence-corrected chi connectivity index (χ2v) is 9.47. The maximum absolute atomic E-state index is 13.3. The van der Waals surface area contributed by atoms with Crippen LogP contribution in [0.15, 0.2) is 48.0 Å². The molecule has 0 radical (unpaired) electrons. The van der Waals surface area contributed by atoms with Gasteiger partial charge in [-0.25, -0.2) is 4.98 Å². The normalized spacial score (nSPS) is 13.2. The van der Waals surface area contributed by atoms with Gasteiger partial charge in [0.1, 0.15) is 17.0 Å². The molecule has 0 saturated heterocycles. The molecule has 0 N–H and O–H groups in total. The number of halogens is 6. The van der Waals surface area contributed by atoms with Crippen LogP contribution in [0, 0.1) is 11.3 Å². The first kappa shape index (κ1) is 27.5. The highest BCUT2D eigenvalue weighted by atomic mass is 31.2. The Morgan fingerprint density at radius 3 is 2.17 bits per heavy atom. The molecule has 0 bridgehead atoms. The summed E-state index contributed by atoms with van der Waals surface area (Å²) in [6.45, 7) is 2.75. The summed E-state index contributed by atoms with van der Waals surface area (Å²) in [6.07, 6.45) is -5.93. The highest BCUT2D eigenvalue weighted by Crippen LogP contribution is 2.56. The van der Waals surface area contributed by atoms with Crippen LogP contribution in [-0.4, -0.2) is 22.8 Å². The average molecular weight is 531 g/mol. The molecule has 0 amide bonds. The second kappa shape index (κ2) is 10.5. The van der Waals surface area contributed by atoms with Crippen molar-refractivity contribution >= 4 is 24.7 Å². The van der Waals surface area contributed by atoms with Crippen molar-refractivity contribution in [3.05, 3.63) is 70.3 Å².